The van der Waals surface area contributed by atoms with Gasteiger partial charge in [-0.3, -0.25) is 14.4 Å². The van der Waals surface area contributed by atoms with Gasteiger partial charge in [0.25, 0.3) is 5.88 Å². The first-order chi connectivity index (χ1) is 21.2. The molecule has 1 aromatic carbocycles. The van der Waals surface area contributed by atoms with Crippen LogP contribution in [-0.2, 0) is 25.7 Å². The number of esters is 1. The molecule has 2 aromatic heterocycles. The summed E-state index contributed by atoms with van der Waals surface area (Å²) in [5.74, 6) is -1.06. The highest BCUT2D eigenvalue weighted by atomic mass is 32.1. The van der Waals surface area contributed by atoms with Gasteiger partial charge < -0.3 is 29.3 Å². The van der Waals surface area contributed by atoms with Crippen molar-refractivity contribution in [3.8, 4) is 16.3 Å². The Bertz CT molecular complexity index is 1390. The van der Waals surface area contributed by atoms with E-state index in [1.54, 1.807) is 24.3 Å². The number of carbonyl (C=O) groups is 3. The first kappa shape index (κ1) is 33.1. The van der Waals surface area contributed by atoms with E-state index in [2.05, 4.69) is 15.5 Å². The number of amides is 2. The number of ether oxygens (including phenoxy) is 2. The molecular formula is C32H42N4O7S. The molecule has 44 heavy (non-hydrogen) atoms. The van der Waals surface area contributed by atoms with E-state index < -0.39 is 18.1 Å². The van der Waals surface area contributed by atoms with Gasteiger partial charge in [0.15, 0.2) is 5.76 Å². The zero-order chi connectivity index (χ0) is 31.6. The number of aliphatic hydroxyl groups excluding tert-OH is 1. The second-order valence-corrected chi connectivity index (χ2v) is 12.2. The predicted molar refractivity (Wildman–Crippen MR) is 165 cm³/mol. The van der Waals surface area contributed by atoms with Crippen LogP contribution in [0.4, 0.5) is 0 Å². The van der Waals surface area contributed by atoms with Gasteiger partial charge in [-0.15, -0.1) is 11.3 Å². The molecular weight excluding hydrogens is 584 g/mol. The number of carbonyl (C=O) groups excluding carboxylic acids is 3. The van der Waals surface area contributed by atoms with Crippen molar-refractivity contribution in [1.82, 2.24) is 20.4 Å². The Hall–Kier alpha value is -3.77. The molecule has 1 aliphatic rings. The molecule has 3 heterocycles. The zero-order valence-electron chi connectivity index (χ0n) is 25.8. The maximum absolute atomic E-state index is 13.8. The van der Waals surface area contributed by atoms with Crippen molar-refractivity contribution in [3.05, 3.63) is 52.9 Å². The van der Waals surface area contributed by atoms with E-state index in [1.807, 2.05) is 50.5 Å². The molecule has 4 rings (SSSR count). The summed E-state index contributed by atoms with van der Waals surface area (Å²) in [6, 6.07) is 8.75. The van der Waals surface area contributed by atoms with Gasteiger partial charge in [0.05, 0.1) is 35.4 Å². The SMILES string of the molecule is CCOC(=O)CCCCCOc1cc(C(C(=O)N2C[C@H](O)C[C@H]2C(=O)NCc2ccc(-c3scnc3C)cc2)C(C)C)on1. The second kappa shape index (κ2) is 15.8. The summed E-state index contributed by atoms with van der Waals surface area (Å²) in [7, 11) is 0. The number of hydrogen-bond donors (Lipinski definition) is 2. The molecule has 3 atom stereocenters. The van der Waals surface area contributed by atoms with Crippen molar-refractivity contribution in [1.29, 1.82) is 0 Å². The maximum Gasteiger partial charge on any atom is 0.305 e. The summed E-state index contributed by atoms with van der Waals surface area (Å²) in [6.45, 7) is 8.69. The Morgan fingerprint density at radius 2 is 1.95 bits per heavy atom. The largest absolute Gasteiger partial charge is 0.476 e. The van der Waals surface area contributed by atoms with E-state index in [1.165, 1.54) is 4.90 Å². The van der Waals surface area contributed by atoms with Gasteiger partial charge >= 0.3 is 5.97 Å². The van der Waals surface area contributed by atoms with Crippen LogP contribution >= 0.6 is 11.3 Å². The molecule has 0 bridgehead atoms. The zero-order valence-corrected chi connectivity index (χ0v) is 26.6. The number of unbranched alkanes of at least 4 members (excludes halogenated alkanes) is 2. The quantitative estimate of drug-likeness (QED) is 0.182. The Kier molecular flexibility index (Phi) is 11.9. The van der Waals surface area contributed by atoms with Crippen LogP contribution in [0.25, 0.3) is 10.4 Å². The molecule has 3 aromatic rings. The van der Waals surface area contributed by atoms with Gasteiger partial charge in [-0.1, -0.05) is 38.1 Å². The molecule has 12 heteroatoms. The number of benzene rings is 1. The number of nitrogens with zero attached hydrogens (tertiary/aromatic N) is 3. The van der Waals surface area contributed by atoms with E-state index in [0.717, 1.165) is 34.5 Å². The third-order valence-electron chi connectivity index (χ3n) is 7.62. The number of thiazole rings is 1. The Morgan fingerprint density at radius 3 is 2.64 bits per heavy atom. The third-order valence-corrected chi connectivity index (χ3v) is 8.60. The van der Waals surface area contributed by atoms with Gasteiger partial charge in [0.1, 0.15) is 12.0 Å². The lowest BCUT2D eigenvalue weighted by atomic mass is 9.91. The second-order valence-electron chi connectivity index (χ2n) is 11.3. The minimum absolute atomic E-state index is 0.0618. The van der Waals surface area contributed by atoms with Gasteiger partial charge in [-0.2, -0.15) is 0 Å². The van der Waals surface area contributed by atoms with Crippen LogP contribution < -0.4 is 10.1 Å². The molecule has 1 saturated heterocycles. The average molecular weight is 627 g/mol. The summed E-state index contributed by atoms with van der Waals surface area (Å²) in [5, 5.41) is 17.4. The molecule has 1 fully saturated rings. The van der Waals surface area contributed by atoms with Crippen molar-refractivity contribution < 1.29 is 33.5 Å². The topological polar surface area (TPSA) is 144 Å². The Labute approximate surface area is 261 Å². The Morgan fingerprint density at radius 1 is 1.18 bits per heavy atom. The fraction of sp³-hybridized carbons (Fsp3) is 0.531. The van der Waals surface area contributed by atoms with Gasteiger partial charge in [0, 0.05) is 32.0 Å². The molecule has 0 spiro atoms. The normalized spacial score (nSPS) is 17.1. The minimum Gasteiger partial charge on any atom is -0.476 e. The van der Waals surface area contributed by atoms with Crippen molar-refractivity contribution in [2.75, 3.05) is 19.8 Å². The summed E-state index contributed by atoms with van der Waals surface area (Å²) in [6.07, 6.45) is 1.98. The number of aryl methyl sites for hydroxylation is 1. The first-order valence-corrected chi connectivity index (χ1v) is 16.1. The molecule has 238 valence electrons. The van der Waals surface area contributed by atoms with Gasteiger partial charge in [0.2, 0.25) is 11.8 Å². The fourth-order valence-corrected chi connectivity index (χ4v) is 6.14. The van der Waals surface area contributed by atoms with E-state index in [-0.39, 0.29) is 42.5 Å². The number of likely N-dealkylation sites (tertiary alicyclic amines) is 1. The summed E-state index contributed by atoms with van der Waals surface area (Å²) >= 11 is 1.59. The monoisotopic (exact) mass is 626 g/mol. The number of aromatic nitrogens is 2. The summed E-state index contributed by atoms with van der Waals surface area (Å²) < 4.78 is 16.2. The molecule has 11 nitrogen and oxygen atoms in total. The number of rotatable bonds is 15. The van der Waals surface area contributed by atoms with Crippen LogP contribution in [0.1, 0.15) is 75.8 Å². The van der Waals surface area contributed by atoms with Crippen molar-refractivity contribution in [3.63, 3.8) is 0 Å². The van der Waals surface area contributed by atoms with Crippen molar-refractivity contribution >= 4 is 29.1 Å². The lowest BCUT2D eigenvalue weighted by Gasteiger charge is -2.28. The predicted octanol–water partition coefficient (Wildman–Crippen LogP) is 4.63. The Balaban J connectivity index is 1.32. The van der Waals surface area contributed by atoms with Crippen LogP contribution in [0.2, 0.25) is 0 Å². The smallest absolute Gasteiger partial charge is 0.305 e. The lowest BCUT2D eigenvalue weighted by molar-refractivity contribution is -0.143. The number of β-amino-alcohol motifs (C(OH)–C–C–N with tert-alkyl or cyclic N) is 1. The van der Waals surface area contributed by atoms with E-state index >= 15 is 0 Å². The van der Waals surface area contributed by atoms with E-state index in [0.29, 0.717) is 38.4 Å². The van der Waals surface area contributed by atoms with Crippen LogP contribution in [0.15, 0.2) is 40.4 Å². The number of aliphatic hydroxyl groups is 1. The van der Waals surface area contributed by atoms with E-state index in [9.17, 15) is 19.5 Å². The standard InChI is InChI=1S/C32H42N4O7S/c1-5-41-28(38)9-7-6-8-14-42-27-16-26(43-35-27)29(20(2)3)32(40)36-18-24(37)15-25(36)31(39)33-17-22-10-12-23(13-11-22)30-21(4)34-19-44-30/h10-13,16,19-20,24-25,29,37H,5-9,14-15,17-18H2,1-4H3,(H,33,39)/t24-,25+,29?/m1/s1. The molecule has 0 saturated carbocycles. The molecule has 0 aliphatic carbocycles. The van der Waals surface area contributed by atoms with Crippen molar-refractivity contribution in [2.24, 2.45) is 5.92 Å². The van der Waals surface area contributed by atoms with Crippen LogP contribution in [0.3, 0.4) is 0 Å². The fourth-order valence-electron chi connectivity index (χ4n) is 5.32. The van der Waals surface area contributed by atoms with Crippen LogP contribution in [0, 0.1) is 12.8 Å². The summed E-state index contributed by atoms with van der Waals surface area (Å²) in [5.41, 5.74) is 4.80. The maximum atomic E-state index is 13.8. The number of hydrogen-bond acceptors (Lipinski definition) is 10. The third kappa shape index (κ3) is 8.66. The average Bonchev–Trinajstić information content (AvgIpc) is 3.74. The summed E-state index contributed by atoms with van der Waals surface area (Å²) in [4.78, 5) is 45.4. The number of nitrogens with one attached hydrogen (secondary N) is 1. The molecule has 0 radical (unpaired) electrons. The lowest BCUT2D eigenvalue weighted by Crippen LogP contribution is -2.48. The molecule has 1 aliphatic heterocycles. The molecule has 2 amide bonds. The highest BCUT2D eigenvalue weighted by Crippen LogP contribution is 2.32. The molecule has 2 N–H and O–H groups in total. The van der Waals surface area contributed by atoms with Crippen LogP contribution in [0.5, 0.6) is 5.88 Å². The highest BCUT2D eigenvalue weighted by molar-refractivity contribution is 7.13. The molecule has 1 unspecified atom stereocenters. The van der Waals surface area contributed by atoms with Crippen LogP contribution in [-0.4, -0.2) is 69.8 Å². The van der Waals surface area contributed by atoms with Crippen molar-refractivity contribution in [2.45, 2.75) is 84.4 Å². The first-order valence-electron chi connectivity index (χ1n) is 15.2. The van der Waals surface area contributed by atoms with Gasteiger partial charge in [-0.25, -0.2) is 4.98 Å². The minimum atomic E-state index is -0.804. The highest BCUT2D eigenvalue weighted by Gasteiger charge is 2.43. The van der Waals surface area contributed by atoms with E-state index in [4.69, 9.17) is 14.0 Å². The van der Waals surface area contributed by atoms with Gasteiger partial charge in [-0.05, 0) is 55.3 Å².